The first-order chi connectivity index (χ1) is 10.2. The van der Waals surface area contributed by atoms with E-state index >= 15 is 0 Å². The summed E-state index contributed by atoms with van der Waals surface area (Å²) >= 11 is 0. The normalized spacial score (nSPS) is 11.0. The van der Waals surface area contributed by atoms with E-state index in [2.05, 4.69) is 14.2 Å². The molecule has 0 heterocycles. The van der Waals surface area contributed by atoms with E-state index in [1.54, 1.807) is 0 Å². The molecular formula is C12H8F5NO4. The summed E-state index contributed by atoms with van der Waals surface area (Å²) in [5.41, 5.74) is -1.37. The van der Waals surface area contributed by atoms with Crippen LogP contribution in [0.1, 0.15) is 22.8 Å². The summed E-state index contributed by atoms with van der Waals surface area (Å²) in [6.07, 6.45) is -5.20. The van der Waals surface area contributed by atoms with Gasteiger partial charge in [0.2, 0.25) is 0 Å². The molecular weight excluding hydrogens is 317 g/mol. The third-order valence-corrected chi connectivity index (χ3v) is 2.16. The van der Waals surface area contributed by atoms with Crippen LogP contribution in [-0.4, -0.2) is 25.6 Å². The molecule has 0 bridgehead atoms. The second kappa shape index (κ2) is 6.93. The van der Waals surface area contributed by atoms with Crippen molar-refractivity contribution in [3.8, 4) is 17.6 Å². The second-order valence-corrected chi connectivity index (χ2v) is 3.57. The van der Waals surface area contributed by atoms with Crippen molar-refractivity contribution in [1.82, 2.24) is 0 Å². The third kappa shape index (κ3) is 4.47. The predicted molar refractivity (Wildman–Crippen MR) is 60.4 cm³/mol. The molecule has 0 aliphatic heterocycles. The van der Waals surface area contributed by atoms with Crippen molar-refractivity contribution >= 4 is 5.97 Å². The molecule has 0 spiro atoms. The molecule has 1 aromatic rings. The monoisotopic (exact) mass is 325 g/mol. The fourth-order valence-electron chi connectivity index (χ4n) is 1.46. The van der Waals surface area contributed by atoms with E-state index in [1.807, 2.05) is 0 Å². The van der Waals surface area contributed by atoms with E-state index < -0.39 is 41.6 Å². The zero-order valence-corrected chi connectivity index (χ0v) is 10.9. The number of nitriles is 1. The molecule has 0 saturated heterocycles. The summed E-state index contributed by atoms with van der Waals surface area (Å²) < 4.78 is 73.4. The number of nitrogens with zero attached hydrogens (tertiary/aromatic N) is 1. The van der Waals surface area contributed by atoms with Crippen molar-refractivity contribution in [3.63, 3.8) is 0 Å². The Morgan fingerprint density at radius 3 is 2.45 bits per heavy atom. The Labute approximate surface area is 120 Å². The Hall–Kier alpha value is -2.57. The van der Waals surface area contributed by atoms with E-state index in [1.165, 1.54) is 13.0 Å². The van der Waals surface area contributed by atoms with Crippen LogP contribution in [0.25, 0.3) is 0 Å². The van der Waals surface area contributed by atoms with E-state index in [-0.39, 0.29) is 6.61 Å². The van der Waals surface area contributed by atoms with Gasteiger partial charge >= 0.3 is 18.9 Å². The highest BCUT2D eigenvalue weighted by molar-refractivity contribution is 5.93. The predicted octanol–water partition coefficient (Wildman–Crippen LogP) is 3.23. The van der Waals surface area contributed by atoms with Crippen LogP contribution in [0, 0.1) is 11.3 Å². The van der Waals surface area contributed by atoms with Crippen molar-refractivity contribution < 1.29 is 41.0 Å². The molecule has 22 heavy (non-hydrogen) atoms. The largest absolute Gasteiger partial charge is 0.573 e. The quantitative estimate of drug-likeness (QED) is 0.614. The standard InChI is InChI=1S/C12H8F5NO4/c1-2-20-10(19)6-3-4-8(22-12(15,16)17)9(7(6)5-18)21-11(13)14/h3-4,11H,2H2,1H3. The van der Waals surface area contributed by atoms with Gasteiger partial charge in [0.25, 0.3) is 0 Å². The molecule has 0 aromatic heterocycles. The molecule has 0 fully saturated rings. The van der Waals surface area contributed by atoms with Crippen molar-refractivity contribution in [3.05, 3.63) is 23.3 Å². The maximum atomic E-state index is 12.3. The first-order valence-electron chi connectivity index (χ1n) is 5.64. The van der Waals surface area contributed by atoms with Crippen LogP contribution in [0.2, 0.25) is 0 Å². The second-order valence-electron chi connectivity index (χ2n) is 3.57. The molecule has 0 aliphatic carbocycles. The van der Waals surface area contributed by atoms with E-state index in [9.17, 15) is 26.7 Å². The van der Waals surface area contributed by atoms with Gasteiger partial charge in [0.15, 0.2) is 11.5 Å². The van der Waals surface area contributed by atoms with E-state index in [0.29, 0.717) is 6.07 Å². The molecule has 0 N–H and O–H groups in total. The van der Waals surface area contributed by atoms with Gasteiger partial charge in [0.05, 0.1) is 12.2 Å². The molecule has 5 nitrogen and oxygen atoms in total. The van der Waals surface area contributed by atoms with E-state index in [4.69, 9.17) is 5.26 Å². The summed E-state index contributed by atoms with van der Waals surface area (Å²) in [6.45, 7) is -2.17. The molecule has 1 rings (SSSR count). The van der Waals surface area contributed by atoms with Crippen molar-refractivity contribution in [2.24, 2.45) is 0 Å². The number of esters is 1. The first kappa shape index (κ1) is 17.5. The summed E-state index contributed by atoms with van der Waals surface area (Å²) in [4.78, 5) is 11.6. The molecule has 10 heteroatoms. The lowest BCUT2D eigenvalue weighted by molar-refractivity contribution is -0.275. The summed E-state index contributed by atoms with van der Waals surface area (Å²) in [5, 5.41) is 8.93. The Kier molecular flexibility index (Phi) is 5.50. The van der Waals surface area contributed by atoms with Crippen LogP contribution in [-0.2, 0) is 4.74 Å². The minimum atomic E-state index is -5.20. The minimum Gasteiger partial charge on any atom is -0.462 e. The van der Waals surface area contributed by atoms with Crippen LogP contribution in [0.3, 0.4) is 0 Å². The lowest BCUT2D eigenvalue weighted by atomic mass is 10.1. The van der Waals surface area contributed by atoms with Gasteiger partial charge in [-0.15, -0.1) is 13.2 Å². The number of alkyl halides is 5. The smallest absolute Gasteiger partial charge is 0.462 e. The number of benzene rings is 1. The van der Waals surface area contributed by atoms with Gasteiger partial charge in [0.1, 0.15) is 11.6 Å². The number of ether oxygens (including phenoxy) is 3. The van der Waals surface area contributed by atoms with Crippen molar-refractivity contribution in [2.75, 3.05) is 6.61 Å². The zero-order chi connectivity index (χ0) is 16.9. The lowest BCUT2D eigenvalue weighted by Crippen LogP contribution is -2.19. The summed E-state index contributed by atoms with van der Waals surface area (Å²) in [5.74, 6) is -3.44. The van der Waals surface area contributed by atoms with Gasteiger partial charge < -0.3 is 14.2 Å². The Morgan fingerprint density at radius 2 is 2.00 bits per heavy atom. The molecule has 1 aromatic carbocycles. The Balaban J connectivity index is 3.43. The zero-order valence-electron chi connectivity index (χ0n) is 10.9. The highest BCUT2D eigenvalue weighted by atomic mass is 19.4. The maximum Gasteiger partial charge on any atom is 0.573 e. The minimum absolute atomic E-state index is 0.0878. The molecule has 0 saturated carbocycles. The molecule has 0 atom stereocenters. The topological polar surface area (TPSA) is 68.6 Å². The van der Waals surface area contributed by atoms with Crippen LogP contribution in [0.5, 0.6) is 11.5 Å². The highest BCUT2D eigenvalue weighted by Crippen LogP contribution is 2.38. The molecule has 0 amide bonds. The molecule has 0 radical (unpaired) electrons. The number of hydrogen-bond donors (Lipinski definition) is 0. The average Bonchev–Trinajstić information content (AvgIpc) is 2.38. The molecule has 0 aliphatic rings. The number of carbonyl (C=O) groups is 1. The van der Waals surface area contributed by atoms with Crippen molar-refractivity contribution in [1.29, 1.82) is 5.26 Å². The Morgan fingerprint density at radius 1 is 1.36 bits per heavy atom. The Bertz CT molecular complexity index is 594. The number of carbonyl (C=O) groups excluding carboxylic acids is 1. The van der Waals surface area contributed by atoms with Gasteiger partial charge in [-0.2, -0.15) is 14.0 Å². The van der Waals surface area contributed by atoms with Gasteiger partial charge in [0, 0.05) is 0 Å². The summed E-state index contributed by atoms with van der Waals surface area (Å²) in [7, 11) is 0. The first-order valence-corrected chi connectivity index (χ1v) is 5.64. The number of hydrogen-bond acceptors (Lipinski definition) is 5. The van der Waals surface area contributed by atoms with Crippen LogP contribution in [0.4, 0.5) is 22.0 Å². The van der Waals surface area contributed by atoms with Crippen molar-refractivity contribution in [2.45, 2.75) is 19.9 Å². The van der Waals surface area contributed by atoms with Gasteiger partial charge in [-0.25, -0.2) is 4.79 Å². The lowest BCUT2D eigenvalue weighted by Gasteiger charge is -2.16. The molecule has 120 valence electrons. The average molecular weight is 325 g/mol. The van der Waals surface area contributed by atoms with Crippen LogP contribution >= 0.6 is 0 Å². The fraction of sp³-hybridized carbons (Fsp3) is 0.333. The number of rotatable bonds is 5. The fourth-order valence-corrected chi connectivity index (χ4v) is 1.46. The molecule has 0 unspecified atom stereocenters. The summed E-state index contributed by atoms with van der Waals surface area (Å²) in [6, 6.07) is 2.70. The van der Waals surface area contributed by atoms with Gasteiger partial charge in [-0.3, -0.25) is 0 Å². The van der Waals surface area contributed by atoms with Gasteiger partial charge in [-0.1, -0.05) is 0 Å². The van der Waals surface area contributed by atoms with E-state index in [0.717, 1.165) is 6.07 Å². The maximum absolute atomic E-state index is 12.3. The van der Waals surface area contributed by atoms with Crippen LogP contribution < -0.4 is 9.47 Å². The highest BCUT2D eigenvalue weighted by Gasteiger charge is 2.34. The number of halogens is 5. The SMILES string of the molecule is CCOC(=O)c1ccc(OC(F)(F)F)c(OC(F)F)c1C#N. The third-order valence-electron chi connectivity index (χ3n) is 2.16. The van der Waals surface area contributed by atoms with Crippen LogP contribution in [0.15, 0.2) is 12.1 Å². The van der Waals surface area contributed by atoms with Gasteiger partial charge in [-0.05, 0) is 19.1 Å².